The van der Waals surface area contributed by atoms with E-state index in [1.165, 1.54) is 0 Å². The highest BCUT2D eigenvalue weighted by Gasteiger charge is 2.84. The van der Waals surface area contributed by atoms with E-state index in [4.69, 9.17) is 74.3 Å². The smallest absolute Gasteiger partial charge is 0.167 e. The molecular weight excluding hydrogens is 353 g/mol. The zero-order valence-corrected chi connectivity index (χ0v) is 12.6. The normalized spacial score (nSPS) is 55.6. The van der Waals surface area contributed by atoms with Crippen molar-refractivity contribution < 1.29 is 9.84 Å². The van der Waals surface area contributed by atoms with E-state index in [-0.39, 0.29) is 22.6 Å². The van der Waals surface area contributed by atoms with Gasteiger partial charge in [0, 0.05) is 11.8 Å². The Morgan fingerprint density at radius 3 is 2.18 bits per heavy atom. The number of hydrogen-bond donors (Lipinski definition) is 1. The van der Waals surface area contributed by atoms with E-state index < -0.39 is 26.3 Å². The quantitative estimate of drug-likeness (QED) is 0.672. The Labute approximate surface area is 128 Å². The van der Waals surface area contributed by atoms with Crippen molar-refractivity contribution in [2.24, 2.45) is 11.8 Å². The van der Waals surface area contributed by atoms with Gasteiger partial charge in [0.25, 0.3) is 0 Å². The van der Waals surface area contributed by atoms with Crippen molar-refractivity contribution in [2.45, 2.75) is 20.4 Å². The third-order valence-electron chi connectivity index (χ3n) is 3.90. The maximum absolute atomic E-state index is 9.83. The van der Waals surface area contributed by atoms with Crippen molar-refractivity contribution in [2.75, 3.05) is 6.61 Å². The van der Waals surface area contributed by atoms with E-state index in [0.29, 0.717) is 0 Å². The molecular formula is C9H6Cl6O2. The lowest BCUT2D eigenvalue weighted by Crippen LogP contribution is -2.47. The van der Waals surface area contributed by atoms with Gasteiger partial charge in [0.05, 0.1) is 16.7 Å². The molecule has 1 aliphatic heterocycles. The first kappa shape index (κ1) is 13.4. The number of aliphatic hydroxyl groups is 1. The number of allylic oxidation sites excluding steroid dienone is 2. The Morgan fingerprint density at radius 2 is 1.59 bits per heavy atom. The minimum absolute atomic E-state index is 0.0895. The number of rotatable bonds is 0. The molecule has 0 amide bonds. The molecule has 0 aromatic rings. The van der Waals surface area contributed by atoms with E-state index >= 15 is 0 Å². The highest BCUT2D eigenvalue weighted by Crippen LogP contribution is 2.77. The minimum atomic E-state index is -1.59. The van der Waals surface area contributed by atoms with Crippen LogP contribution in [0.25, 0.3) is 0 Å². The fourth-order valence-corrected chi connectivity index (χ4v) is 6.10. The van der Waals surface area contributed by atoms with Gasteiger partial charge in [0.15, 0.2) is 10.6 Å². The molecule has 5 atom stereocenters. The summed E-state index contributed by atoms with van der Waals surface area (Å²) in [4.78, 5) is -2.74. The van der Waals surface area contributed by atoms with Crippen molar-refractivity contribution in [3.63, 3.8) is 0 Å². The Hall–Kier alpha value is 1.40. The van der Waals surface area contributed by atoms with Crippen LogP contribution >= 0.6 is 69.6 Å². The maximum Gasteiger partial charge on any atom is 0.167 e. The van der Waals surface area contributed by atoms with Gasteiger partial charge < -0.3 is 9.84 Å². The molecule has 0 aromatic heterocycles. The largest absolute Gasteiger partial charge is 0.368 e. The first-order chi connectivity index (χ1) is 7.70. The van der Waals surface area contributed by atoms with Crippen LogP contribution in [0.2, 0.25) is 0 Å². The van der Waals surface area contributed by atoms with Crippen LogP contribution < -0.4 is 0 Å². The monoisotopic (exact) mass is 356 g/mol. The summed E-state index contributed by atoms with van der Waals surface area (Å²) in [6.45, 7) is 0.186. The molecule has 2 bridgehead atoms. The third-order valence-corrected chi connectivity index (χ3v) is 8.22. The summed E-state index contributed by atoms with van der Waals surface area (Å²) in [5, 5.41) is 10.1. The lowest BCUT2D eigenvalue weighted by Gasteiger charge is -2.34. The number of alkyl halides is 4. The average Bonchev–Trinajstić information content (AvgIpc) is 2.73. The van der Waals surface area contributed by atoms with E-state index in [1.807, 2.05) is 0 Å². The summed E-state index contributed by atoms with van der Waals surface area (Å²) in [5.41, 5.74) is 0. The lowest BCUT2D eigenvalue weighted by molar-refractivity contribution is -0.0867. The molecule has 3 aliphatic rings. The van der Waals surface area contributed by atoms with Gasteiger partial charge in [-0.25, -0.2) is 0 Å². The summed E-state index contributed by atoms with van der Waals surface area (Å²) < 4.78 is 3.56. The van der Waals surface area contributed by atoms with E-state index in [1.54, 1.807) is 0 Å². The van der Waals surface area contributed by atoms with Gasteiger partial charge in [0.2, 0.25) is 0 Å². The summed E-state index contributed by atoms with van der Waals surface area (Å²) in [7, 11) is 0. The molecule has 0 aromatic carbocycles. The summed E-state index contributed by atoms with van der Waals surface area (Å²) in [6, 6.07) is 0. The fourth-order valence-electron chi connectivity index (χ4n) is 3.06. The van der Waals surface area contributed by atoms with Gasteiger partial charge in [-0.3, -0.25) is 0 Å². The number of ether oxygens (including phenoxy) is 1. The molecule has 2 unspecified atom stereocenters. The molecule has 1 N–H and O–H groups in total. The second-order valence-electron chi connectivity index (χ2n) is 4.48. The Balaban J connectivity index is 2.29. The molecule has 1 heterocycles. The van der Waals surface area contributed by atoms with Gasteiger partial charge >= 0.3 is 0 Å². The predicted octanol–water partition coefficient (Wildman–Crippen LogP) is 3.41. The van der Waals surface area contributed by atoms with Crippen LogP contribution in [0.1, 0.15) is 0 Å². The molecule has 2 fully saturated rings. The van der Waals surface area contributed by atoms with Crippen LogP contribution in [0, 0.1) is 11.8 Å². The van der Waals surface area contributed by atoms with Crippen LogP contribution in [-0.2, 0) is 4.74 Å². The topological polar surface area (TPSA) is 29.5 Å². The average molecular weight is 359 g/mol. The van der Waals surface area contributed by atoms with Gasteiger partial charge in [-0.2, -0.15) is 0 Å². The molecule has 17 heavy (non-hydrogen) atoms. The maximum atomic E-state index is 9.83. The first-order valence-electron chi connectivity index (χ1n) is 4.82. The van der Waals surface area contributed by atoms with Crippen molar-refractivity contribution in [1.82, 2.24) is 0 Å². The SMILES string of the molecule is O[C@@H]1OCC2C1[C@@]1(Cl)C(Cl)=C(Cl)[C@]2(Cl)C1(Cl)Cl. The number of hydrogen-bond acceptors (Lipinski definition) is 2. The van der Waals surface area contributed by atoms with Crippen molar-refractivity contribution >= 4 is 69.6 Å². The Bertz CT molecular complexity index is 437. The van der Waals surface area contributed by atoms with Crippen LogP contribution in [0.3, 0.4) is 0 Å². The van der Waals surface area contributed by atoms with Crippen LogP contribution in [0.15, 0.2) is 10.1 Å². The highest BCUT2D eigenvalue weighted by atomic mass is 35.5. The van der Waals surface area contributed by atoms with E-state index in [2.05, 4.69) is 0 Å². The Kier molecular flexibility index (Phi) is 2.78. The van der Waals surface area contributed by atoms with Crippen molar-refractivity contribution in [1.29, 1.82) is 0 Å². The molecule has 3 rings (SSSR count). The van der Waals surface area contributed by atoms with Crippen LogP contribution in [-0.4, -0.2) is 32.1 Å². The summed E-state index contributed by atoms with van der Waals surface area (Å²) >= 11 is 37.7. The minimum Gasteiger partial charge on any atom is -0.368 e. The summed E-state index contributed by atoms with van der Waals surface area (Å²) in [6.07, 6.45) is -1.10. The summed E-state index contributed by atoms with van der Waals surface area (Å²) in [5.74, 6) is -0.951. The highest BCUT2D eigenvalue weighted by molar-refractivity contribution is 6.65. The predicted molar refractivity (Wildman–Crippen MR) is 69.3 cm³/mol. The molecule has 0 radical (unpaired) electrons. The molecule has 2 aliphatic carbocycles. The van der Waals surface area contributed by atoms with Gasteiger partial charge in [0.1, 0.15) is 9.75 Å². The molecule has 1 saturated heterocycles. The van der Waals surface area contributed by atoms with Crippen LogP contribution in [0.4, 0.5) is 0 Å². The number of aliphatic hydroxyl groups excluding tert-OH is 1. The van der Waals surface area contributed by atoms with E-state index in [0.717, 1.165) is 0 Å². The second kappa shape index (κ2) is 3.53. The zero-order valence-electron chi connectivity index (χ0n) is 8.06. The fraction of sp³-hybridized carbons (Fsp3) is 0.778. The molecule has 96 valence electrons. The van der Waals surface area contributed by atoms with Gasteiger partial charge in [-0.1, -0.05) is 46.4 Å². The number of halogens is 6. The standard InChI is InChI=1S/C9H6Cl6O2/c10-4-5(11)8(13)3-2(1-17-6(3)16)7(4,12)9(8,14)15/h2-3,6,16H,1H2/t2?,3?,6-,7+,8-/m1/s1. The molecule has 2 nitrogen and oxygen atoms in total. The molecule has 1 saturated carbocycles. The molecule has 0 spiro atoms. The molecule has 8 heteroatoms. The second-order valence-corrected chi connectivity index (χ2v) is 7.76. The number of fused-ring (bicyclic) bond motifs is 5. The van der Waals surface area contributed by atoms with Crippen LogP contribution in [0.5, 0.6) is 0 Å². The van der Waals surface area contributed by atoms with Crippen molar-refractivity contribution in [3.8, 4) is 0 Å². The first-order valence-corrected chi connectivity index (χ1v) is 7.09. The van der Waals surface area contributed by atoms with Crippen molar-refractivity contribution in [3.05, 3.63) is 10.1 Å². The van der Waals surface area contributed by atoms with Gasteiger partial charge in [-0.05, 0) is 0 Å². The third kappa shape index (κ3) is 1.13. The van der Waals surface area contributed by atoms with E-state index in [9.17, 15) is 5.11 Å². The Morgan fingerprint density at radius 1 is 1.06 bits per heavy atom. The zero-order chi connectivity index (χ0) is 12.8. The van der Waals surface area contributed by atoms with Gasteiger partial charge in [-0.15, -0.1) is 23.2 Å². The lowest BCUT2D eigenvalue weighted by atomic mass is 9.84.